The number of benzene rings is 2. The number of anilines is 3. The van der Waals surface area contributed by atoms with Gasteiger partial charge in [0.15, 0.2) is 0 Å². The third-order valence-corrected chi connectivity index (χ3v) is 6.77. The molecule has 5 rings (SSSR count). The Kier molecular flexibility index (Phi) is 7.49. The molecule has 1 N–H and O–H groups in total. The van der Waals surface area contributed by atoms with Crippen LogP contribution in [0.25, 0.3) is 10.9 Å². The largest absolute Gasteiger partial charge is 0.423 e. The Morgan fingerprint density at radius 1 is 1.05 bits per heavy atom. The summed E-state index contributed by atoms with van der Waals surface area (Å²) < 4.78 is 47.5. The summed E-state index contributed by atoms with van der Waals surface area (Å²) in [6, 6.07) is 12.1. The number of nitriles is 1. The lowest BCUT2D eigenvalue weighted by Gasteiger charge is -2.34. The van der Waals surface area contributed by atoms with Gasteiger partial charge in [-0.1, -0.05) is 22.9 Å². The van der Waals surface area contributed by atoms with Crippen molar-refractivity contribution in [3.8, 4) is 17.8 Å². The maximum absolute atomic E-state index is 13.5. The van der Waals surface area contributed by atoms with Gasteiger partial charge in [0, 0.05) is 47.9 Å². The van der Waals surface area contributed by atoms with Crippen LogP contribution in [-0.4, -0.2) is 57.6 Å². The van der Waals surface area contributed by atoms with Gasteiger partial charge >= 0.3 is 12.2 Å². The fraction of sp³-hybridized carbons (Fsp3) is 0.269. The molecule has 0 spiro atoms. The fourth-order valence-electron chi connectivity index (χ4n) is 4.22. The molecule has 39 heavy (non-hydrogen) atoms. The van der Waals surface area contributed by atoms with Crippen molar-refractivity contribution in [3.05, 3.63) is 64.3 Å². The number of ether oxygens (including phenoxy) is 1. The van der Waals surface area contributed by atoms with Crippen LogP contribution in [-0.2, 0) is 6.18 Å². The van der Waals surface area contributed by atoms with Gasteiger partial charge in [0.05, 0.1) is 22.7 Å². The van der Waals surface area contributed by atoms with Gasteiger partial charge in [-0.2, -0.15) is 33.4 Å². The summed E-state index contributed by atoms with van der Waals surface area (Å²) in [7, 11) is 0. The second-order valence-corrected chi connectivity index (χ2v) is 9.65. The van der Waals surface area contributed by atoms with E-state index in [0.717, 1.165) is 41.6 Å². The summed E-state index contributed by atoms with van der Waals surface area (Å²) in [4.78, 5) is 22.0. The third-order valence-electron chi connectivity index (χ3n) is 6.27. The molecule has 2 aromatic heterocycles. The third kappa shape index (κ3) is 6.02. The minimum absolute atomic E-state index is 0.00490. The highest BCUT2D eigenvalue weighted by molar-refractivity contribution is 9.10. The zero-order valence-electron chi connectivity index (χ0n) is 20.7. The maximum Gasteiger partial charge on any atom is 0.417 e. The number of alkyl halides is 3. The summed E-state index contributed by atoms with van der Waals surface area (Å²) in [6.45, 7) is 5.98. The molecule has 0 saturated carbocycles. The van der Waals surface area contributed by atoms with E-state index in [1.165, 1.54) is 6.07 Å². The number of rotatable bonds is 6. The van der Waals surface area contributed by atoms with Crippen molar-refractivity contribution >= 4 is 44.4 Å². The van der Waals surface area contributed by atoms with Gasteiger partial charge < -0.3 is 19.9 Å². The van der Waals surface area contributed by atoms with Crippen LogP contribution >= 0.6 is 15.9 Å². The van der Waals surface area contributed by atoms with E-state index in [2.05, 4.69) is 53.0 Å². The molecule has 9 nitrogen and oxygen atoms in total. The summed E-state index contributed by atoms with van der Waals surface area (Å²) in [5, 5.41) is 12.7. The number of hydrogen-bond donors (Lipinski definition) is 1. The Bertz CT molecular complexity index is 1550. The van der Waals surface area contributed by atoms with Crippen LogP contribution in [0.1, 0.15) is 18.1 Å². The molecular weight excluding hydrogens is 577 g/mol. The highest BCUT2D eigenvalue weighted by Gasteiger charge is 2.34. The van der Waals surface area contributed by atoms with Gasteiger partial charge in [0.1, 0.15) is 5.75 Å². The SMILES string of the molecule is CCN1CCN(c2nc(Nc3ccc(C#N)c(C(F)(F)F)c3)nc(Oc3ccnc4ccc(Br)cc34)n2)CC1. The molecule has 1 aliphatic heterocycles. The van der Waals surface area contributed by atoms with E-state index in [-0.39, 0.29) is 17.6 Å². The first kappa shape index (κ1) is 26.6. The molecule has 200 valence electrons. The van der Waals surface area contributed by atoms with E-state index in [4.69, 9.17) is 10.00 Å². The predicted molar refractivity (Wildman–Crippen MR) is 143 cm³/mol. The van der Waals surface area contributed by atoms with Crippen molar-refractivity contribution in [2.45, 2.75) is 13.1 Å². The van der Waals surface area contributed by atoms with Gasteiger partial charge in [0.2, 0.25) is 11.9 Å². The summed E-state index contributed by atoms with van der Waals surface area (Å²) in [5.41, 5.74) is -0.752. The number of nitrogens with one attached hydrogen (secondary N) is 1. The second-order valence-electron chi connectivity index (χ2n) is 8.73. The Morgan fingerprint density at radius 2 is 1.85 bits per heavy atom. The summed E-state index contributed by atoms with van der Waals surface area (Å²) >= 11 is 3.46. The number of piperazine rings is 1. The molecule has 0 atom stereocenters. The van der Waals surface area contributed by atoms with E-state index < -0.39 is 17.3 Å². The normalized spacial score (nSPS) is 14.3. The Hall–Kier alpha value is -4.02. The first-order chi connectivity index (χ1) is 18.7. The van der Waals surface area contributed by atoms with E-state index in [0.29, 0.717) is 30.3 Å². The zero-order valence-corrected chi connectivity index (χ0v) is 22.3. The number of fused-ring (bicyclic) bond motifs is 1. The molecule has 0 aliphatic carbocycles. The number of halogens is 4. The van der Waals surface area contributed by atoms with Gasteiger partial charge in [-0.15, -0.1) is 0 Å². The van der Waals surface area contributed by atoms with Crippen LogP contribution < -0.4 is 15.0 Å². The quantitative estimate of drug-likeness (QED) is 0.297. The van der Waals surface area contributed by atoms with Crippen molar-refractivity contribution < 1.29 is 17.9 Å². The molecule has 1 aliphatic rings. The average Bonchev–Trinajstić information content (AvgIpc) is 2.93. The Morgan fingerprint density at radius 3 is 2.56 bits per heavy atom. The lowest BCUT2D eigenvalue weighted by molar-refractivity contribution is -0.137. The molecular formula is C26H22BrF3N8O. The molecule has 2 aromatic carbocycles. The molecule has 3 heterocycles. The molecule has 4 aromatic rings. The molecule has 0 bridgehead atoms. The minimum Gasteiger partial charge on any atom is -0.423 e. The van der Waals surface area contributed by atoms with Crippen molar-refractivity contribution in [2.24, 2.45) is 0 Å². The molecule has 13 heteroatoms. The maximum atomic E-state index is 13.5. The lowest BCUT2D eigenvalue weighted by atomic mass is 10.1. The zero-order chi connectivity index (χ0) is 27.6. The lowest BCUT2D eigenvalue weighted by Crippen LogP contribution is -2.46. The summed E-state index contributed by atoms with van der Waals surface area (Å²) in [5.74, 6) is 0.797. The number of aromatic nitrogens is 4. The van der Waals surface area contributed by atoms with E-state index in [1.54, 1.807) is 18.3 Å². The predicted octanol–water partition coefficient (Wildman–Crippen LogP) is 5.75. The fourth-order valence-corrected chi connectivity index (χ4v) is 4.58. The molecule has 0 amide bonds. The average molecular weight is 599 g/mol. The van der Waals surface area contributed by atoms with Crippen LogP contribution in [0.2, 0.25) is 0 Å². The summed E-state index contributed by atoms with van der Waals surface area (Å²) in [6.07, 6.45) is -3.09. The van der Waals surface area contributed by atoms with Crippen molar-refractivity contribution in [1.29, 1.82) is 5.26 Å². The van der Waals surface area contributed by atoms with Crippen molar-refractivity contribution in [3.63, 3.8) is 0 Å². The van der Waals surface area contributed by atoms with E-state index >= 15 is 0 Å². The van der Waals surface area contributed by atoms with Crippen LogP contribution in [0.15, 0.2) is 53.1 Å². The van der Waals surface area contributed by atoms with E-state index in [9.17, 15) is 13.2 Å². The van der Waals surface area contributed by atoms with Crippen LogP contribution in [0.5, 0.6) is 11.8 Å². The van der Waals surface area contributed by atoms with Crippen LogP contribution in [0.4, 0.5) is 30.8 Å². The van der Waals surface area contributed by atoms with Crippen LogP contribution in [0.3, 0.4) is 0 Å². The smallest absolute Gasteiger partial charge is 0.417 e. The minimum atomic E-state index is -4.70. The van der Waals surface area contributed by atoms with Gasteiger partial charge in [-0.05, 0) is 49.0 Å². The number of nitrogens with zero attached hydrogens (tertiary/aromatic N) is 7. The number of likely N-dealkylation sites (N-methyl/N-ethyl adjacent to an activating group) is 1. The standard InChI is InChI=1S/C26H22BrF3N8O/c1-2-37-9-11-38(12-10-37)24-34-23(33-18-5-3-16(15-31)20(14-18)26(28,29)30)35-25(36-24)39-22-7-8-32-21-6-4-17(27)13-19(21)22/h3-8,13-14H,2,9-12H2,1H3,(H,33,34,35,36). The number of hydrogen-bond acceptors (Lipinski definition) is 9. The van der Waals surface area contributed by atoms with Gasteiger partial charge in [-0.3, -0.25) is 4.98 Å². The van der Waals surface area contributed by atoms with Gasteiger partial charge in [-0.25, -0.2) is 0 Å². The Balaban J connectivity index is 1.52. The molecule has 1 saturated heterocycles. The first-order valence-electron chi connectivity index (χ1n) is 12.1. The first-order valence-corrected chi connectivity index (χ1v) is 12.9. The molecule has 0 unspecified atom stereocenters. The Labute approximate surface area is 230 Å². The topological polar surface area (TPSA) is 103 Å². The molecule has 0 radical (unpaired) electrons. The van der Waals surface area contributed by atoms with Crippen molar-refractivity contribution in [1.82, 2.24) is 24.8 Å². The molecule has 1 fully saturated rings. The highest BCUT2D eigenvalue weighted by Crippen LogP contribution is 2.35. The van der Waals surface area contributed by atoms with Crippen molar-refractivity contribution in [2.75, 3.05) is 42.9 Å². The number of pyridine rings is 1. The van der Waals surface area contributed by atoms with Gasteiger partial charge in [0.25, 0.3) is 0 Å². The monoisotopic (exact) mass is 598 g/mol. The second kappa shape index (κ2) is 11.0. The highest BCUT2D eigenvalue weighted by atomic mass is 79.9. The van der Waals surface area contributed by atoms with E-state index in [1.807, 2.05) is 23.1 Å². The van der Waals surface area contributed by atoms with Crippen LogP contribution in [0, 0.1) is 11.3 Å².